The third kappa shape index (κ3) is 5.57. The van der Waals surface area contributed by atoms with Crippen molar-refractivity contribution in [2.24, 2.45) is 5.41 Å². The summed E-state index contributed by atoms with van der Waals surface area (Å²) in [4.78, 5) is 18.1. The maximum atomic E-state index is 12.5. The second-order valence-corrected chi connectivity index (χ2v) is 8.20. The molecule has 1 aromatic rings. The average molecular weight is 340 g/mol. The molecule has 1 amide bonds. The lowest BCUT2D eigenvalue weighted by atomic mass is 9.85. The number of nitrogens with zero attached hydrogens (tertiary/aromatic N) is 2. The SMILES string of the molecule is CC(C)(C)[C@@H](NC(=O)CN1CCN(CCO)CC1)c1cccs1. The number of hydrogen-bond donors (Lipinski definition) is 2. The predicted molar refractivity (Wildman–Crippen MR) is 94.6 cm³/mol. The number of piperazine rings is 1. The van der Waals surface area contributed by atoms with Crippen LogP contribution in [-0.2, 0) is 4.79 Å². The Hall–Kier alpha value is -0.950. The standard InChI is InChI=1S/C17H29N3O2S/c1-17(2,3)16(14-5-4-12-23-14)18-15(22)13-20-8-6-19(7-9-20)10-11-21/h4-5,12,16,21H,6-11,13H2,1-3H3,(H,18,22)/t16-/m0/s1. The highest BCUT2D eigenvalue weighted by Crippen LogP contribution is 2.35. The number of rotatable bonds is 6. The van der Waals surface area contributed by atoms with Gasteiger partial charge in [0.1, 0.15) is 0 Å². The van der Waals surface area contributed by atoms with Crippen LogP contribution in [0.5, 0.6) is 0 Å². The van der Waals surface area contributed by atoms with E-state index < -0.39 is 0 Å². The molecule has 0 spiro atoms. The Morgan fingerprint density at radius 2 is 1.96 bits per heavy atom. The van der Waals surface area contributed by atoms with E-state index in [4.69, 9.17) is 5.11 Å². The fourth-order valence-corrected chi connectivity index (χ4v) is 3.91. The minimum Gasteiger partial charge on any atom is -0.395 e. The Morgan fingerprint density at radius 1 is 1.30 bits per heavy atom. The maximum absolute atomic E-state index is 12.5. The van der Waals surface area contributed by atoms with E-state index in [1.54, 1.807) is 11.3 Å². The molecule has 1 saturated heterocycles. The van der Waals surface area contributed by atoms with Gasteiger partial charge in [0.2, 0.25) is 5.91 Å². The summed E-state index contributed by atoms with van der Waals surface area (Å²) in [5.41, 5.74) is -0.0136. The van der Waals surface area contributed by atoms with Gasteiger partial charge in [0.15, 0.2) is 0 Å². The molecule has 23 heavy (non-hydrogen) atoms. The number of β-amino-alcohol motifs (C(OH)–C–C–N with tert-alkyl or cyclic N) is 1. The van der Waals surface area contributed by atoms with Gasteiger partial charge >= 0.3 is 0 Å². The molecular formula is C17H29N3O2S. The minimum atomic E-state index is -0.0136. The van der Waals surface area contributed by atoms with Gasteiger partial charge in [-0.25, -0.2) is 0 Å². The van der Waals surface area contributed by atoms with Gasteiger partial charge in [0, 0.05) is 37.6 Å². The molecule has 1 atom stereocenters. The normalized spacial score (nSPS) is 18.8. The van der Waals surface area contributed by atoms with Crippen molar-refractivity contribution in [1.82, 2.24) is 15.1 Å². The molecule has 2 heterocycles. The van der Waals surface area contributed by atoms with Crippen LogP contribution in [0, 0.1) is 5.41 Å². The predicted octanol–water partition coefficient (Wildman–Crippen LogP) is 1.56. The minimum absolute atomic E-state index is 0.0136. The molecule has 1 aliphatic rings. The summed E-state index contributed by atoms with van der Waals surface area (Å²) < 4.78 is 0. The van der Waals surface area contributed by atoms with Crippen molar-refractivity contribution in [2.45, 2.75) is 26.8 Å². The Balaban J connectivity index is 1.86. The van der Waals surface area contributed by atoms with Crippen molar-refractivity contribution < 1.29 is 9.90 Å². The fourth-order valence-electron chi connectivity index (χ4n) is 2.89. The molecule has 2 rings (SSSR count). The molecule has 0 bridgehead atoms. The van der Waals surface area contributed by atoms with Crippen molar-refractivity contribution in [3.05, 3.63) is 22.4 Å². The van der Waals surface area contributed by atoms with Crippen LogP contribution in [0.1, 0.15) is 31.7 Å². The Kier molecular flexibility index (Phi) is 6.59. The summed E-state index contributed by atoms with van der Waals surface area (Å²) in [5, 5.41) is 14.3. The van der Waals surface area contributed by atoms with Gasteiger partial charge in [0.05, 0.1) is 19.2 Å². The van der Waals surface area contributed by atoms with E-state index >= 15 is 0 Å². The van der Waals surface area contributed by atoms with E-state index in [1.807, 2.05) is 6.07 Å². The maximum Gasteiger partial charge on any atom is 0.234 e. The molecule has 6 heteroatoms. The van der Waals surface area contributed by atoms with Gasteiger partial charge in [-0.05, 0) is 16.9 Å². The summed E-state index contributed by atoms with van der Waals surface area (Å²) in [5.74, 6) is 0.0916. The summed E-state index contributed by atoms with van der Waals surface area (Å²) >= 11 is 1.69. The quantitative estimate of drug-likeness (QED) is 0.826. The van der Waals surface area contributed by atoms with Gasteiger partial charge < -0.3 is 10.4 Å². The Labute approximate surface area is 143 Å². The highest BCUT2D eigenvalue weighted by Gasteiger charge is 2.29. The second-order valence-electron chi connectivity index (χ2n) is 7.22. The third-order valence-corrected chi connectivity index (χ3v) is 5.18. The smallest absolute Gasteiger partial charge is 0.234 e. The summed E-state index contributed by atoms with van der Waals surface area (Å²) in [6.45, 7) is 11.5. The molecule has 0 aliphatic carbocycles. The molecule has 1 aliphatic heterocycles. The van der Waals surface area contributed by atoms with E-state index in [0.29, 0.717) is 6.54 Å². The van der Waals surface area contributed by atoms with Gasteiger partial charge in [-0.2, -0.15) is 0 Å². The number of carbonyl (C=O) groups excluding carboxylic acids is 1. The van der Waals surface area contributed by atoms with E-state index in [0.717, 1.165) is 32.7 Å². The summed E-state index contributed by atoms with van der Waals surface area (Å²) in [6.07, 6.45) is 0. The lowest BCUT2D eigenvalue weighted by Gasteiger charge is -2.35. The highest BCUT2D eigenvalue weighted by atomic mass is 32.1. The van der Waals surface area contributed by atoms with Crippen molar-refractivity contribution in [1.29, 1.82) is 0 Å². The zero-order valence-corrected chi connectivity index (χ0v) is 15.2. The largest absolute Gasteiger partial charge is 0.395 e. The number of aliphatic hydroxyl groups excluding tert-OH is 1. The zero-order valence-electron chi connectivity index (χ0n) is 14.4. The van der Waals surface area contributed by atoms with E-state index in [2.05, 4.69) is 47.3 Å². The fraction of sp³-hybridized carbons (Fsp3) is 0.706. The van der Waals surface area contributed by atoms with Gasteiger partial charge in [-0.1, -0.05) is 26.8 Å². The molecule has 0 unspecified atom stereocenters. The molecular weight excluding hydrogens is 310 g/mol. The highest BCUT2D eigenvalue weighted by molar-refractivity contribution is 7.10. The van der Waals surface area contributed by atoms with Crippen LogP contribution in [0.15, 0.2) is 17.5 Å². The van der Waals surface area contributed by atoms with Crippen LogP contribution in [0.2, 0.25) is 0 Å². The number of carbonyl (C=O) groups is 1. The van der Waals surface area contributed by atoms with Crippen molar-refractivity contribution in [3.63, 3.8) is 0 Å². The number of hydrogen-bond acceptors (Lipinski definition) is 5. The molecule has 0 saturated carbocycles. The average Bonchev–Trinajstić information content (AvgIpc) is 3.00. The first kappa shape index (κ1) is 18.4. The topological polar surface area (TPSA) is 55.8 Å². The van der Waals surface area contributed by atoms with Crippen LogP contribution in [0.25, 0.3) is 0 Å². The number of aliphatic hydroxyl groups is 1. The number of amides is 1. The summed E-state index contributed by atoms with van der Waals surface area (Å²) in [6, 6.07) is 4.17. The van der Waals surface area contributed by atoms with Gasteiger partial charge in [-0.15, -0.1) is 11.3 Å². The zero-order chi connectivity index (χ0) is 16.9. The van der Waals surface area contributed by atoms with Crippen molar-refractivity contribution in [2.75, 3.05) is 45.9 Å². The molecule has 5 nitrogen and oxygen atoms in total. The van der Waals surface area contributed by atoms with Gasteiger partial charge in [0.25, 0.3) is 0 Å². The number of nitrogens with one attached hydrogen (secondary N) is 1. The van der Waals surface area contributed by atoms with Crippen LogP contribution in [-0.4, -0.2) is 66.7 Å². The molecule has 2 N–H and O–H groups in total. The van der Waals surface area contributed by atoms with Gasteiger partial charge in [-0.3, -0.25) is 14.6 Å². The summed E-state index contributed by atoms with van der Waals surface area (Å²) in [7, 11) is 0. The first-order valence-corrected chi connectivity index (χ1v) is 9.16. The van der Waals surface area contributed by atoms with E-state index in [1.165, 1.54) is 4.88 Å². The van der Waals surface area contributed by atoms with Crippen molar-refractivity contribution in [3.8, 4) is 0 Å². The van der Waals surface area contributed by atoms with E-state index in [-0.39, 0.29) is 24.0 Å². The van der Waals surface area contributed by atoms with Crippen LogP contribution in [0.3, 0.4) is 0 Å². The van der Waals surface area contributed by atoms with Crippen molar-refractivity contribution >= 4 is 17.2 Å². The molecule has 130 valence electrons. The lowest BCUT2D eigenvalue weighted by molar-refractivity contribution is -0.124. The molecule has 0 radical (unpaired) electrons. The first-order chi connectivity index (χ1) is 10.9. The molecule has 1 fully saturated rings. The monoisotopic (exact) mass is 339 g/mol. The van der Waals surface area contributed by atoms with Crippen LogP contribution >= 0.6 is 11.3 Å². The lowest BCUT2D eigenvalue weighted by Crippen LogP contribution is -2.50. The van der Waals surface area contributed by atoms with Crippen LogP contribution in [0.4, 0.5) is 0 Å². The number of thiophene rings is 1. The third-order valence-electron chi connectivity index (χ3n) is 4.25. The van der Waals surface area contributed by atoms with E-state index in [9.17, 15) is 4.79 Å². The Morgan fingerprint density at radius 3 is 2.48 bits per heavy atom. The molecule has 1 aromatic heterocycles. The Bertz CT molecular complexity index is 477. The second kappa shape index (κ2) is 8.24. The first-order valence-electron chi connectivity index (χ1n) is 8.28. The molecule has 0 aromatic carbocycles. The van der Waals surface area contributed by atoms with Crippen LogP contribution < -0.4 is 5.32 Å².